The van der Waals surface area contributed by atoms with Crippen molar-refractivity contribution in [1.82, 2.24) is 0 Å². The molecule has 1 aromatic rings. The SMILES string of the molecule is CCCCCCCCOc1ccc(C#CCO)c(F)c1. The fraction of sp³-hybridized carbons (Fsp3) is 0.529. The van der Waals surface area contributed by atoms with E-state index in [1.165, 1.54) is 31.7 Å². The lowest BCUT2D eigenvalue weighted by atomic mass is 10.1. The van der Waals surface area contributed by atoms with Gasteiger partial charge in [-0.3, -0.25) is 0 Å². The molecular formula is C17H23FO2. The molecule has 2 nitrogen and oxygen atoms in total. The Bertz CT molecular complexity index is 446. The van der Waals surface area contributed by atoms with Gasteiger partial charge in [0.1, 0.15) is 18.2 Å². The highest BCUT2D eigenvalue weighted by molar-refractivity contribution is 5.39. The van der Waals surface area contributed by atoms with E-state index in [0.29, 0.717) is 12.4 Å². The van der Waals surface area contributed by atoms with Gasteiger partial charge in [-0.1, -0.05) is 50.9 Å². The third kappa shape index (κ3) is 6.58. The minimum Gasteiger partial charge on any atom is -0.493 e. The number of aliphatic hydroxyl groups is 1. The van der Waals surface area contributed by atoms with E-state index >= 15 is 0 Å². The van der Waals surface area contributed by atoms with Gasteiger partial charge in [-0.2, -0.15) is 0 Å². The number of hydrogen-bond acceptors (Lipinski definition) is 2. The van der Waals surface area contributed by atoms with E-state index in [1.54, 1.807) is 12.1 Å². The largest absolute Gasteiger partial charge is 0.493 e. The van der Waals surface area contributed by atoms with Gasteiger partial charge in [-0.15, -0.1) is 0 Å². The lowest BCUT2D eigenvalue weighted by Gasteiger charge is -2.06. The number of aliphatic hydroxyl groups excluding tert-OH is 1. The summed E-state index contributed by atoms with van der Waals surface area (Å²) in [6.07, 6.45) is 7.22. The van der Waals surface area contributed by atoms with E-state index in [9.17, 15) is 4.39 Å². The predicted molar refractivity (Wildman–Crippen MR) is 79.2 cm³/mol. The topological polar surface area (TPSA) is 29.5 Å². The average molecular weight is 278 g/mol. The number of unbranched alkanes of at least 4 members (excludes halogenated alkanes) is 5. The molecule has 1 aromatic carbocycles. The molecule has 1 rings (SSSR count). The van der Waals surface area contributed by atoms with Crippen molar-refractivity contribution in [3.05, 3.63) is 29.6 Å². The van der Waals surface area contributed by atoms with Crippen molar-refractivity contribution >= 4 is 0 Å². The Kier molecular flexibility index (Phi) is 8.49. The van der Waals surface area contributed by atoms with Gasteiger partial charge in [0.2, 0.25) is 0 Å². The maximum absolute atomic E-state index is 13.6. The highest BCUT2D eigenvalue weighted by Gasteiger charge is 2.02. The van der Waals surface area contributed by atoms with E-state index in [2.05, 4.69) is 18.8 Å². The maximum atomic E-state index is 13.6. The van der Waals surface area contributed by atoms with Crippen LogP contribution in [0.25, 0.3) is 0 Å². The average Bonchev–Trinajstić information content (AvgIpc) is 2.45. The first-order chi connectivity index (χ1) is 9.77. The summed E-state index contributed by atoms with van der Waals surface area (Å²) < 4.78 is 19.1. The summed E-state index contributed by atoms with van der Waals surface area (Å²) in [5, 5.41) is 8.57. The molecule has 0 aliphatic heterocycles. The van der Waals surface area contributed by atoms with Gasteiger partial charge < -0.3 is 9.84 Å². The maximum Gasteiger partial charge on any atom is 0.142 e. The van der Waals surface area contributed by atoms with Gasteiger partial charge in [0, 0.05) is 6.07 Å². The lowest BCUT2D eigenvalue weighted by Crippen LogP contribution is -1.98. The van der Waals surface area contributed by atoms with E-state index in [0.717, 1.165) is 12.8 Å². The molecule has 0 aromatic heterocycles. The summed E-state index contributed by atoms with van der Waals surface area (Å²) in [4.78, 5) is 0. The zero-order valence-corrected chi connectivity index (χ0v) is 12.1. The van der Waals surface area contributed by atoms with Crippen LogP contribution in [0.15, 0.2) is 18.2 Å². The van der Waals surface area contributed by atoms with Gasteiger partial charge >= 0.3 is 0 Å². The molecule has 0 saturated carbocycles. The molecule has 20 heavy (non-hydrogen) atoms. The van der Waals surface area contributed by atoms with E-state index < -0.39 is 5.82 Å². The van der Waals surface area contributed by atoms with Crippen molar-refractivity contribution in [2.75, 3.05) is 13.2 Å². The zero-order valence-electron chi connectivity index (χ0n) is 12.1. The number of halogens is 1. The first-order valence-electron chi connectivity index (χ1n) is 7.30. The van der Waals surface area contributed by atoms with Crippen LogP contribution >= 0.6 is 0 Å². The van der Waals surface area contributed by atoms with Crippen LogP contribution in [0.4, 0.5) is 4.39 Å². The second kappa shape index (κ2) is 10.3. The van der Waals surface area contributed by atoms with Crippen LogP contribution < -0.4 is 4.74 Å². The van der Waals surface area contributed by atoms with Crippen LogP contribution in [0.1, 0.15) is 51.0 Å². The van der Waals surface area contributed by atoms with Gasteiger partial charge in [0.25, 0.3) is 0 Å². The summed E-state index contributed by atoms with van der Waals surface area (Å²) >= 11 is 0. The van der Waals surface area contributed by atoms with E-state index in [-0.39, 0.29) is 12.2 Å². The molecule has 0 aliphatic rings. The number of rotatable bonds is 8. The first-order valence-corrected chi connectivity index (χ1v) is 7.30. The van der Waals surface area contributed by atoms with Crippen molar-refractivity contribution in [3.63, 3.8) is 0 Å². The molecule has 0 radical (unpaired) electrons. The molecule has 0 unspecified atom stereocenters. The molecule has 0 saturated heterocycles. The minimum absolute atomic E-state index is 0.268. The molecule has 0 fully saturated rings. The number of hydrogen-bond donors (Lipinski definition) is 1. The number of benzene rings is 1. The Labute approximate surface area is 121 Å². The fourth-order valence-corrected chi connectivity index (χ4v) is 1.89. The molecule has 0 atom stereocenters. The van der Waals surface area contributed by atoms with Crippen molar-refractivity contribution in [2.45, 2.75) is 45.4 Å². The third-order valence-electron chi connectivity index (χ3n) is 3.01. The highest BCUT2D eigenvalue weighted by Crippen LogP contribution is 2.16. The van der Waals surface area contributed by atoms with Crippen molar-refractivity contribution in [1.29, 1.82) is 0 Å². The molecule has 3 heteroatoms. The Hall–Kier alpha value is -1.53. The van der Waals surface area contributed by atoms with Gasteiger partial charge in [-0.05, 0) is 18.6 Å². The second-order valence-electron chi connectivity index (χ2n) is 4.72. The molecule has 0 aliphatic carbocycles. The van der Waals surface area contributed by atoms with Crippen LogP contribution in [0.5, 0.6) is 5.75 Å². The molecule has 0 bridgehead atoms. The molecular weight excluding hydrogens is 255 g/mol. The number of ether oxygens (including phenoxy) is 1. The second-order valence-corrected chi connectivity index (χ2v) is 4.72. The van der Waals surface area contributed by atoms with Crippen molar-refractivity contribution < 1.29 is 14.2 Å². The van der Waals surface area contributed by atoms with Gasteiger partial charge in [-0.25, -0.2) is 4.39 Å². The van der Waals surface area contributed by atoms with Crippen molar-refractivity contribution in [2.24, 2.45) is 0 Å². The molecule has 0 spiro atoms. The standard InChI is InChI=1S/C17H23FO2/c1-2-3-4-5-6-7-13-20-16-11-10-15(9-8-12-19)17(18)14-16/h10-11,14,19H,2-7,12-13H2,1H3. The quantitative estimate of drug-likeness (QED) is 0.577. The van der Waals surface area contributed by atoms with Crippen LogP contribution in [0, 0.1) is 17.7 Å². The van der Waals surface area contributed by atoms with E-state index in [1.807, 2.05) is 0 Å². The fourth-order valence-electron chi connectivity index (χ4n) is 1.89. The normalized spacial score (nSPS) is 9.95. The van der Waals surface area contributed by atoms with Gasteiger partial charge in [0.05, 0.1) is 12.2 Å². The van der Waals surface area contributed by atoms with Crippen molar-refractivity contribution in [3.8, 4) is 17.6 Å². The van der Waals surface area contributed by atoms with Crippen LogP contribution in [-0.4, -0.2) is 18.3 Å². The third-order valence-corrected chi connectivity index (χ3v) is 3.01. The Balaban J connectivity index is 2.29. The monoisotopic (exact) mass is 278 g/mol. The van der Waals surface area contributed by atoms with Gasteiger partial charge in [0.15, 0.2) is 0 Å². The summed E-state index contributed by atoms with van der Waals surface area (Å²) in [5.74, 6) is 5.10. The van der Waals surface area contributed by atoms with E-state index in [4.69, 9.17) is 9.84 Å². The smallest absolute Gasteiger partial charge is 0.142 e. The van der Waals surface area contributed by atoms with Crippen LogP contribution in [0.3, 0.4) is 0 Å². The minimum atomic E-state index is -0.411. The summed E-state index contributed by atoms with van der Waals surface area (Å²) in [6, 6.07) is 4.63. The highest BCUT2D eigenvalue weighted by atomic mass is 19.1. The lowest BCUT2D eigenvalue weighted by molar-refractivity contribution is 0.303. The molecule has 1 N–H and O–H groups in total. The summed E-state index contributed by atoms with van der Waals surface area (Å²) in [6.45, 7) is 2.55. The Morgan fingerprint density at radius 3 is 2.60 bits per heavy atom. The molecule has 110 valence electrons. The molecule has 0 amide bonds. The van der Waals surface area contributed by atoms with Crippen LogP contribution in [-0.2, 0) is 0 Å². The Morgan fingerprint density at radius 1 is 1.15 bits per heavy atom. The first kappa shape index (κ1) is 16.5. The summed E-state index contributed by atoms with van der Waals surface area (Å²) in [7, 11) is 0. The molecule has 0 heterocycles. The van der Waals surface area contributed by atoms with Crippen LogP contribution in [0.2, 0.25) is 0 Å². The zero-order chi connectivity index (χ0) is 14.6. The predicted octanol–water partition coefficient (Wildman–Crippen LogP) is 3.91. The Morgan fingerprint density at radius 2 is 1.90 bits per heavy atom. The summed E-state index contributed by atoms with van der Waals surface area (Å²) in [5.41, 5.74) is 0.283.